The molecule has 0 unspecified atom stereocenters. The normalized spacial score (nSPS) is 16.0. The number of hydrogen-bond acceptors (Lipinski definition) is 3. The number of aliphatic imine (C=N–C) groups is 1. The number of nitrogens with one attached hydrogen (secondary N) is 1. The second-order valence-corrected chi connectivity index (χ2v) is 6.62. The van der Waals surface area contributed by atoms with Gasteiger partial charge in [-0.15, -0.1) is 0 Å². The van der Waals surface area contributed by atoms with Crippen LogP contribution in [0, 0.1) is 13.8 Å². The summed E-state index contributed by atoms with van der Waals surface area (Å²) in [6, 6.07) is 6.82. The topological polar surface area (TPSA) is 80.0 Å². The third-order valence-corrected chi connectivity index (χ3v) is 4.34. The van der Waals surface area contributed by atoms with Gasteiger partial charge in [0.1, 0.15) is 0 Å². The zero-order chi connectivity index (χ0) is 18.2. The number of guanidine groups is 1. The lowest BCUT2D eigenvalue weighted by Crippen LogP contribution is -2.48. The van der Waals surface area contributed by atoms with Crippen LogP contribution in [0.15, 0.2) is 23.2 Å². The summed E-state index contributed by atoms with van der Waals surface area (Å²) in [5.74, 6) is 0.485. The van der Waals surface area contributed by atoms with Crippen molar-refractivity contribution in [1.29, 1.82) is 0 Å². The van der Waals surface area contributed by atoms with Gasteiger partial charge in [0.25, 0.3) is 0 Å². The minimum Gasteiger partial charge on any atom is -0.450 e. The molecule has 3 N–H and O–H groups in total. The van der Waals surface area contributed by atoms with Crippen LogP contribution in [0.5, 0.6) is 0 Å². The molecule has 0 bridgehead atoms. The van der Waals surface area contributed by atoms with E-state index in [9.17, 15) is 4.79 Å². The molecule has 0 saturated carbocycles. The van der Waals surface area contributed by atoms with Crippen molar-refractivity contribution in [2.24, 2.45) is 10.7 Å². The van der Waals surface area contributed by atoms with Crippen LogP contribution in [-0.4, -0.2) is 49.2 Å². The minimum atomic E-state index is -0.226. The zero-order valence-electron chi connectivity index (χ0n) is 15.5. The Hall–Kier alpha value is -2.24. The molecule has 1 aliphatic rings. The van der Waals surface area contributed by atoms with Gasteiger partial charge in [-0.3, -0.25) is 4.99 Å². The van der Waals surface area contributed by atoms with Crippen LogP contribution in [0.4, 0.5) is 4.79 Å². The first-order valence-electron chi connectivity index (χ1n) is 9.03. The van der Waals surface area contributed by atoms with Gasteiger partial charge < -0.3 is 20.7 Å². The molecule has 138 valence electrons. The first kappa shape index (κ1) is 19.1. The quantitative estimate of drug-likeness (QED) is 0.634. The van der Waals surface area contributed by atoms with Crippen molar-refractivity contribution in [3.8, 4) is 0 Å². The molecular formula is C19H30N4O2. The number of carbonyl (C=O) groups is 1. The maximum absolute atomic E-state index is 11.7. The van der Waals surface area contributed by atoms with Crippen molar-refractivity contribution in [3.63, 3.8) is 0 Å². The summed E-state index contributed by atoms with van der Waals surface area (Å²) < 4.78 is 5.03. The highest BCUT2D eigenvalue weighted by Crippen LogP contribution is 2.12. The van der Waals surface area contributed by atoms with E-state index in [0.717, 1.165) is 19.3 Å². The first-order valence-corrected chi connectivity index (χ1v) is 9.03. The van der Waals surface area contributed by atoms with Crippen LogP contribution >= 0.6 is 0 Å². The smallest absolute Gasteiger partial charge is 0.409 e. The van der Waals surface area contributed by atoms with Gasteiger partial charge in [0.05, 0.1) is 6.61 Å². The van der Waals surface area contributed by atoms with E-state index in [-0.39, 0.29) is 12.1 Å². The van der Waals surface area contributed by atoms with Crippen molar-refractivity contribution in [2.45, 2.75) is 46.1 Å². The Morgan fingerprint density at radius 3 is 2.52 bits per heavy atom. The van der Waals surface area contributed by atoms with Crippen LogP contribution in [0.1, 0.15) is 36.5 Å². The highest BCUT2D eigenvalue weighted by Gasteiger charge is 2.23. The molecule has 1 aliphatic heterocycles. The van der Waals surface area contributed by atoms with Crippen molar-refractivity contribution >= 4 is 12.1 Å². The second-order valence-electron chi connectivity index (χ2n) is 6.62. The van der Waals surface area contributed by atoms with E-state index in [2.05, 4.69) is 42.4 Å². The van der Waals surface area contributed by atoms with Crippen LogP contribution in [0.2, 0.25) is 0 Å². The zero-order valence-corrected chi connectivity index (χ0v) is 15.5. The Kier molecular flexibility index (Phi) is 7.10. The van der Waals surface area contributed by atoms with Gasteiger partial charge in [-0.2, -0.15) is 0 Å². The number of nitrogens with zero attached hydrogens (tertiary/aromatic N) is 2. The highest BCUT2D eigenvalue weighted by molar-refractivity contribution is 5.78. The molecule has 0 spiro atoms. The van der Waals surface area contributed by atoms with Gasteiger partial charge in [0.2, 0.25) is 0 Å². The summed E-state index contributed by atoms with van der Waals surface area (Å²) in [5, 5.41) is 3.27. The molecule has 6 heteroatoms. The van der Waals surface area contributed by atoms with E-state index >= 15 is 0 Å². The highest BCUT2D eigenvalue weighted by atomic mass is 16.6. The Balaban J connectivity index is 1.74. The van der Waals surface area contributed by atoms with E-state index in [4.69, 9.17) is 10.5 Å². The van der Waals surface area contributed by atoms with Crippen molar-refractivity contribution in [2.75, 3.05) is 26.2 Å². The van der Waals surface area contributed by atoms with E-state index < -0.39 is 0 Å². The molecule has 1 amide bonds. The number of ether oxygens (including phenoxy) is 1. The summed E-state index contributed by atoms with van der Waals surface area (Å²) in [5.41, 5.74) is 9.85. The molecule has 0 radical (unpaired) electrons. The van der Waals surface area contributed by atoms with E-state index in [1.165, 1.54) is 16.7 Å². The standard InChI is InChI=1S/C19H30N4O2/c1-4-25-19(24)23-9-6-17(7-10-23)22-18(20)21-8-5-16-12-14(2)11-15(3)13-16/h11-13,17H,4-10H2,1-3H3,(H3,20,21,22). The number of benzene rings is 1. The van der Waals surface area contributed by atoms with Crippen molar-refractivity contribution in [1.82, 2.24) is 10.2 Å². The Morgan fingerprint density at radius 1 is 1.28 bits per heavy atom. The van der Waals surface area contributed by atoms with Crippen molar-refractivity contribution in [3.05, 3.63) is 34.9 Å². The molecule has 1 fully saturated rings. The Bertz CT molecular complexity index is 587. The Morgan fingerprint density at radius 2 is 1.92 bits per heavy atom. The number of amides is 1. The van der Waals surface area contributed by atoms with Crippen LogP contribution in [-0.2, 0) is 11.2 Å². The van der Waals surface area contributed by atoms with Gasteiger partial charge in [-0.1, -0.05) is 29.3 Å². The summed E-state index contributed by atoms with van der Waals surface area (Å²) in [7, 11) is 0. The molecule has 25 heavy (non-hydrogen) atoms. The largest absolute Gasteiger partial charge is 0.450 e. The number of carbonyl (C=O) groups excluding carboxylic acids is 1. The predicted octanol–water partition coefficient (Wildman–Crippen LogP) is 2.37. The van der Waals surface area contributed by atoms with Crippen LogP contribution in [0.3, 0.4) is 0 Å². The van der Waals surface area contributed by atoms with E-state index in [1.54, 1.807) is 4.90 Å². The van der Waals surface area contributed by atoms with Crippen molar-refractivity contribution < 1.29 is 9.53 Å². The fraction of sp³-hybridized carbons (Fsp3) is 0.579. The molecule has 1 aromatic carbocycles. The number of rotatable bonds is 5. The molecule has 1 saturated heterocycles. The van der Waals surface area contributed by atoms with Crippen LogP contribution in [0.25, 0.3) is 0 Å². The number of likely N-dealkylation sites (tertiary alicyclic amines) is 1. The molecule has 6 nitrogen and oxygen atoms in total. The predicted molar refractivity (Wildman–Crippen MR) is 101 cm³/mol. The maximum atomic E-state index is 11.7. The lowest BCUT2D eigenvalue weighted by Gasteiger charge is -2.31. The monoisotopic (exact) mass is 346 g/mol. The SMILES string of the molecule is CCOC(=O)N1CCC(NC(N)=NCCc2cc(C)cc(C)c2)CC1. The van der Waals surface area contributed by atoms with Gasteiger partial charge in [0.15, 0.2) is 5.96 Å². The summed E-state index contributed by atoms with van der Waals surface area (Å²) in [6.45, 7) is 8.50. The second kappa shape index (κ2) is 9.30. The molecule has 1 aromatic rings. The number of piperidine rings is 1. The third kappa shape index (κ3) is 6.29. The first-order chi connectivity index (χ1) is 12.0. The lowest BCUT2D eigenvalue weighted by atomic mass is 10.1. The molecule has 1 heterocycles. The number of nitrogens with two attached hydrogens (primary N) is 1. The molecule has 0 aliphatic carbocycles. The van der Waals surface area contributed by atoms with E-state index in [1.807, 2.05) is 6.92 Å². The molecule has 0 aromatic heterocycles. The van der Waals surface area contributed by atoms with Crippen LogP contribution < -0.4 is 11.1 Å². The molecular weight excluding hydrogens is 316 g/mol. The van der Waals surface area contributed by atoms with Gasteiger partial charge in [0, 0.05) is 25.7 Å². The van der Waals surface area contributed by atoms with Gasteiger partial charge in [-0.25, -0.2) is 4.79 Å². The minimum absolute atomic E-state index is 0.226. The third-order valence-electron chi connectivity index (χ3n) is 4.34. The molecule has 2 rings (SSSR count). The summed E-state index contributed by atoms with van der Waals surface area (Å²) >= 11 is 0. The fourth-order valence-electron chi connectivity index (χ4n) is 3.19. The average molecular weight is 346 g/mol. The van der Waals surface area contributed by atoms with Gasteiger partial charge in [-0.05, 0) is 45.6 Å². The average Bonchev–Trinajstić information content (AvgIpc) is 2.55. The summed E-state index contributed by atoms with van der Waals surface area (Å²) in [6.07, 6.45) is 2.36. The fourth-order valence-corrected chi connectivity index (χ4v) is 3.19. The number of aryl methyl sites for hydroxylation is 2. The number of hydrogen-bond donors (Lipinski definition) is 2. The summed E-state index contributed by atoms with van der Waals surface area (Å²) in [4.78, 5) is 17.9. The van der Waals surface area contributed by atoms with E-state index in [0.29, 0.717) is 32.2 Å². The molecule has 0 atom stereocenters. The Labute approximate surface area is 150 Å². The maximum Gasteiger partial charge on any atom is 0.409 e. The lowest BCUT2D eigenvalue weighted by molar-refractivity contribution is 0.0963. The van der Waals surface area contributed by atoms with Gasteiger partial charge >= 0.3 is 6.09 Å².